The molecule has 2 aromatic heterocycles. The lowest BCUT2D eigenvalue weighted by atomic mass is 10.1. The number of carbonyl (C=O) groups is 1. The highest BCUT2D eigenvalue weighted by atomic mass is 35.5. The van der Waals surface area contributed by atoms with Gasteiger partial charge >= 0.3 is 5.69 Å². The van der Waals surface area contributed by atoms with Crippen molar-refractivity contribution in [1.82, 2.24) is 24.5 Å². The van der Waals surface area contributed by atoms with E-state index in [0.717, 1.165) is 18.4 Å². The van der Waals surface area contributed by atoms with Crippen molar-refractivity contribution in [2.24, 2.45) is 0 Å². The number of hydrogen-bond donors (Lipinski definition) is 1. The molecule has 4 aromatic rings. The molecule has 170 valence electrons. The Morgan fingerprint density at radius 1 is 1.12 bits per heavy atom. The first-order chi connectivity index (χ1) is 16.0. The zero-order chi connectivity index (χ0) is 23.2. The van der Waals surface area contributed by atoms with Crippen LogP contribution in [0.3, 0.4) is 0 Å². The monoisotopic (exact) mass is 481 g/mol. The zero-order valence-corrected chi connectivity index (χ0v) is 19.7. The number of hydrogen-bond acceptors (Lipinski definition) is 5. The predicted molar refractivity (Wildman–Crippen MR) is 131 cm³/mol. The molecule has 1 atom stereocenters. The molecule has 0 aliphatic carbocycles. The lowest BCUT2D eigenvalue weighted by Gasteiger charge is -2.13. The SMILES string of the molecule is CC(CCc1ccccc1)NC(=O)Cn1nc2c(SCc3ccc(Cl)cc3)nccn2c1=O. The van der Waals surface area contributed by atoms with Gasteiger partial charge in [-0.15, -0.1) is 5.10 Å². The third kappa shape index (κ3) is 6.03. The Hall–Kier alpha value is -3.10. The molecule has 2 heterocycles. The van der Waals surface area contributed by atoms with E-state index >= 15 is 0 Å². The molecule has 0 saturated carbocycles. The van der Waals surface area contributed by atoms with Crippen LogP contribution in [0.25, 0.3) is 5.65 Å². The number of nitrogens with zero attached hydrogens (tertiary/aromatic N) is 4. The van der Waals surface area contributed by atoms with Crippen LogP contribution in [0.15, 0.2) is 76.8 Å². The topological polar surface area (TPSA) is 81.3 Å². The molecule has 1 N–H and O–H groups in total. The van der Waals surface area contributed by atoms with Crippen molar-refractivity contribution >= 4 is 34.9 Å². The van der Waals surface area contributed by atoms with E-state index in [-0.39, 0.29) is 24.2 Å². The van der Waals surface area contributed by atoms with E-state index in [1.165, 1.54) is 26.4 Å². The summed E-state index contributed by atoms with van der Waals surface area (Å²) in [5.41, 5.74) is 2.38. The Morgan fingerprint density at radius 2 is 1.88 bits per heavy atom. The van der Waals surface area contributed by atoms with Crippen LogP contribution < -0.4 is 11.0 Å². The maximum absolute atomic E-state index is 12.8. The van der Waals surface area contributed by atoms with Crippen LogP contribution in [0, 0.1) is 0 Å². The van der Waals surface area contributed by atoms with Crippen LogP contribution in [0.1, 0.15) is 24.5 Å². The molecular formula is C24H24ClN5O2S. The second-order valence-electron chi connectivity index (χ2n) is 7.77. The number of carbonyl (C=O) groups excluding carboxylic acids is 1. The lowest BCUT2D eigenvalue weighted by molar-refractivity contribution is -0.122. The minimum absolute atomic E-state index is 0.0161. The summed E-state index contributed by atoms with van der Waals surface area (Å²) in [5, 5.41) is 8.65. The van der Waals surface area contributed by atoms with Crippen molar-refractivity contribution in [3.63, 3.8) is 0 Å². The number of aryl methyl sites for hydroxylation is 1. The average molecular weight is 482 g/mol. The Morgan fingerprint density at radius 3 is 2.64 bits per heavy atom. The van der Waals surface area contributed by atoms with Crippen molar-refractivity contribution in [2.75, 3.05) is 0 Å². The third-order valence-corrected chi connectivity index (χ3v) is 6.46. The standard InChI is InChI=1S/C24H24ClN5O2S/c1-17(7-8-18-5-3-2-4-6-18)27-21(31)15-30-24(32)29-14-13-26-23(22(29)28-30)33-16-19-9-11-20(25)12-10-19/h2-6,9-14,17H,7-8,15-16H2,1H3,(H,27,31). The molecule has 1 amide bonds. The molecule has 0 aliphatic rings. The van der Waals surface area contributed by atoms with E-state index in [0.29, 0.717) is 21.4 Å². The smallest absolute Gasteiger partial charge is 0.350 e. The van der Waals surface area contributed by atoms with Crippen LogP contribution in [0.4, 0.5) is 0 Å². The highest BCUT2D eigenvalue weighted by molar-refractivity contribution is 7.98. The van der Waals surface area contributed by atoms with Gasteiger partial charge in [-0.3, -0.25) is 4.79 Å². The van der Waals surface area contributed by atoms with Crippen molar-refractivity contribution in [3.05, 3.63) is 93.6 Å². The van der Waals surface area contributed by atoms with E-state index in [1.54, 1.807) is 12.4 Å². The number of amides is 1. The van der Waals surface area contributed by atoms with Gasteiger partial charge in [-0.05, 0) is 43.0 Å². The molecule has 2 aromatic carbocycles. The normalized spacial score (nSPS) is 12.1. The molecular weight excluding hydrogens is 458 g/mol. The second kappa shape index (κ2) is 10.7. The number of thioether (sulfide) groups is 1. The summed E-state index contributed by atoms with van der Waals surface area (Å²) >= 11 is 7.42. The minimum Gasteiger partial charge on any atom is -0.352 e. The van der Waals surface area contributed by atoms with Gasteiger partial charge in [0, 0.05) is 29.2 Å². The van der Waals surface area contributed by atoms with Gasteiger partial charge in [0.1, 0.15) is 11.6 Å². The maximum atomic E-state index is 12.8. The summed E-state index contributed by atoms with van der Waals surface area (Å²) in [6.07, 6.45) is 4.81. The Labute approximate surface area is 200 Å². The van der Waals surface area contributed by atoms with Crippen molar-refractivity contribution < 1.29 is 4.79 Å². The summed E-state index contributed by atoms with van der Waals surface area (Å²) in [7, 11) is 0. The van der Waals surface area contributed by atoms with Gasteiger partial charge in [0.2, 0.25) is 5.91 Å². The van der Waals surface area contributed by atoms with Crippen LogP contribution >= 0.6 is 23.4 Å². The molecule has 0 aliphatic heterocycles. The first-order valence-corrected chi connectivity index (χ1v) is 12.0. The van der Waals surface area contributed by atoms with Gasteiger partial charge in [0.05, 0.1) is 0 Å². The van der Waals surface area contributed by atoms with E-state index in [9.17, 15) is 9.59 Å². The van der Waals surface area contributed by atoms with Gasteiger partial charge < -0.3 is 5.32 Å². The molecule has 9 heteroatoms. The second-order valence-corrected chi connectivity index (χ2v) is 9.17. The largest absolute Gasteiger partial charge is 0.352 e. The molecule has 4 rings (SSSR count). The highest BCUT2D eigenvalue weighted by Gasteiger charge is 2.16. The summed E-state index contributed by atoms with van der Waals surface area (Å²) in [6, 6.07) is 17.7. The average Bonchev–Trinajstić information content (AvgIpc) is 3.13. The molecule has 33 heavy (non-hydrogen) atoms. The Balaban J connectivity index is 1.39. The molecule has 0 bridgehead atoms. The van der Waals surface area contributed by atoms with E-state index in [4.69, 9.17) is 11.6 Å². The van der Waals surface area contributed by atoms with Crippen molar-refractivity contribution in [3.8, 4) is 0 Å². The minimum atomic E-state index is -0.368. The quantitative estimate of drug-likeness (QED) is 0.366. The fourth-order valence-corrected chi connectivity index (χ4v) is 4.44. The Bertz CT molecular complexity index is 1290. The number of nitrogens with one attached hydrogen (secondary N) is 1. The summed E-state index contributed by atoms with van der Waals surface area (Å²) in [4.78, 5) is 29.7. The highest BCUT2D eigenvalue weighted by Crippen LogP contribution is 2.24. The summed E-state index contributed by atoms with van der Waals surface area (Å²) in [5.74, 6) is 0.411. The van der Waals surface area contributed by atoms with Crippen LogP contribution in [-0.4, -0.2) is 31.1 Å². The summed E-state index contributed by atoms with van der Waals surface area (Å²) < 4.78 is 2.60. The predicted octanol–water partition coefficient (Wildman–Crippen LogP) is 3.97. The molecule has 7 nitrogen and oxygen atoms in total. The number of aromatic nitrogens is 4. The molecule has 0 radical (unpaired) electrons. The van der Waals surface area contributed by atoms with Crippen LogP contribution in [0.5, 0.6) is 0 Å². The molecule has 0 fully saturated rings. The number of benzene rings is 2. The molecule has 1 unspecified atom stereocenters. The molecule has 0 saturated heterocycles. The number of rotatable bonds is 9. The van der Waals surface area contributed by atoms with Gasteiger partial charge in [0.25, 0.3) is 0 Å². The van der Waals surface area contributed by atoms with E-state index < -0.39 is 0 Å². The van der Waals surface area contributed by atoms with E-state index in [1.807, 2.05) is 49.4 Å². The van der Waals surface area contributed by atoms with Crippen LogP contribution in [-0.2, 0) is 23.5 Å². The number of fused-ring (bicyclic) bond motifs is 1. The molecule has 0 spiro atoms. The van der Waals surface area contributed by atoms with Crippen molar-refractivity contribution in [2.45, 2.75) is 43.1 Å². The fraction of sp³-hybridized carbons (Fsp3) is 0.250. The van der Waals surface area contributed by atoms with Gasteiger partial charge in [-0.2, -0.15) is 0 Å². The zero-order valence-electron chi connectivity index (χ0n) is 18.1. The van der Waals surface area contributed by atoms with Crippen LogP contribution in [0.2, 0.25) is 5.02 Å². The van der Waals surface area contributed by atoms with Crippen molar-refractivity contribution in [1.29, 1.82) is 0 Å². The van der Waals surface area contributed by atoms with E-state index in [2.05, 4.69) is 27.5 Å². The third-order valence-electron chi connectivity index (χ3n) is 5.17. The summed E-state index contributed by atoms with van der Waals surface area (Å²) in [6.45, 7) is 1.82. The lowest BCUT2D eigenvalue weighted by Crippen LogP contribution is -2.37. The fourth-order valence-electron chi connectivity index (χ4n) is 3.42. The Kier molecular flexibility index (Phi) is 7.47. The van der Waals surface area contributed by atoms with Gasteiger partial charge in [-0.25, -0.2) is 18.9 Å². The van der Waals surface area contributed by atoms with Gasteiger partial charge in [-0.1, -0.05) is 65.8 Å². The first kappa shape index (κ1) is 23.1. The maximum Gasteiger partial charge on any atom is 0.350 e. The first-order valence-electron chi connectivity index (χ1n) is 10.6. The van der Waals surface area contributed by atoms with Gasteiger partial charge in [0.15, 0.2) is 5.65 Å². The number of halogens is 1.